The van der Waals surface area contributed by atoms with Gasteiger partial charge in [-0.05, 0) is 28.8 Å². The summed E-state index contributed by atoms with van der Waals surface area (Å²) in [6.07, 6.45) is 9.33. The molecule has 0 aromatic carbocycles. The molecule has 0 spiro atoms. The largest absolute Gasteiger partial charge is 0.312 e. The maximum Gasteiger partial charge on any atom is 0.0632 e. The van der Waals surface area contributed by atoms with E-state index in [2.05, 4.69) is 26.3 Å². The molecule has 1 N–H and O–H groups in total. The van der Waals surface area contributed by atoms with Gasteiger partial charge in [-0.3, -0.25) is 4.68 Å². The molecule has 0 amide bonds. The Morgan fingerprint density at radius 2 is 2.29 bits per heavy atom. The molecule has 1 fully saturated rings. The molecule has 0 radical (unpaired) electrons. The molecule has 1 aromatic heterocycles. The number of nitrogens with one attached hydrogen (secondary N) is 1. The summed E-state index contributed by atoms with van der Waals surface area (Å²) in [6, 6.07) is 0.758. The van der Waals surface area contributed by atoms with Crippen molar-refractivity contribution in [3.63, 3.8) is 0 Å². The lowest BCUT2D eigenvalue weighted by molar-refractivity contribution is 0.480. The Balaban J connectivity index is 1.67. The van der Waals surface area contributed by atoms with Crippen LogP contribution in [-0.2, 0) is 6.54 Å². The summed E-state index contributed by atoms with van der Waals surface area (Å²) in [5.41, 5.74) is 0. The standard InChI is InChI=1S/C10H16BrN3/c11-9-7-13-14(8-9)6-5-12-10-3-1-2-4-10/h7-8,10,12H,1-6H2. The summed E-state index contributed by atoms with van der Waals surface area (Å²) >= 11 is 3.39. The molecule has 1 aliphatic carbocycles. The monoisotopic (exact) mass is 257 g/mol. The summed E-state index contributed by atoms with van der Waals surface area (Å²) in [5, 5.41) is 7.77. The average Bonchev–Trinajstić information content (AvgIpc) is 2.77. The fraction of sp³-hybridized carbons (Fsp3) is 0.700. The lowest BCUT2D eigenvalue weighted by atomic mass is 10.2. The Morgan fingerprint density at radius 3 is 2.93 bits per heavy atom. The van der Waals surface area contributed by atoms with Gasteiger partial charge in [0.05, 0.1) is 17.2 Å². The van der Waals surface area contributed by atoms with Crippen LogP contribution < -0.4 is 5.32 Å². The van der Waals surface area contributed by atoms with E-state index < -0.39 is 0 Å². The maximum atomic E-state index is 4.21. The second kappa shape index (κ2) is 4.94. The highest BCUT2D eigenvalue weighted by Crippen LogP contribution is 2.17. The van der Waals surface area contributed by atoms with Crippen molar-refractivity contribution in [3.05, 3.63) is 16.9 Å². The molecule has 0 unspecified atom stereocenters. The van der Waals surface area contributed by atoms with Gasteiger partial charge in [0.2, 0.25) is 0 Å². The first-order valence-corrected chi connectivity index (χ1v) is 6.05. The zero-order valence-electron chi connectivity index (χ0n) is 8.25. The lowest BCUT2D eigenvalue weighted by Crippen LogP contribution is -2.29. The highest BCUT2D eigenvalue weighted by molar-refractivity contribution is 9.10. The summed E-state index contributed by atoms with van der Waals surface area (Å²) in [7, 11) is 0. The molecule has 0 bridgehead atoms. The Hall–Kier alpha value is -0.350. The highest BCUT2D eigenvalue weighted by atomic mass is 79.9. The van der Waals surface area contributed by atoms with Crippen LogP contribution >= 0.6 is 15.9 Å². The van der Waals surface area contributed by atoms with Crippen LogP contribution in [0.25, 0.3) is 0 Å². The molecule has 78 valence electrons. The molecule has 3 nitrogen and oxygen atoms in total. The number of nitrogens with zero attached hydrogens (tertiary/aromatic N) is 2. The van der Waals surface area contributed by atoms with Crippen molar-refractivity contribution in [1.82, 2.24) is 15.1 Å². The SMILES string of the molecule is Brc1cnn(CCNC2CCCC2)c1. The predicted octanol–water partition coefficient (Wildman–Crippen LogP) is 2.18. The van der Waals surface area contributed by atoms with Gasteiger partial charge >= 0.3 is 0 Å². The average molecular weight is 258 g/mol. The van der Waals surface area contributed by atoms with Gasteiger partial charge in [-0.15, -0.1) is 0 Å². The Morgan fingerprint density at radius 1 is 1.50 bits per heavy atom. The minimum Gasteiger partial charge on any atom is -0.312 e. The molecule has 4 heteroatoms. The van der Waals surface area contributed by atoms with Crippen molar-refractivity contribution in [2.45, 2.75) is 38.3 Å². The van der Waals surface area contributed by atoms with Crippen molar-refractivity contribution in [2.24, 2.45) is 0 Å². The number of hydrogen-bond acceptors (Lipinski definition) is 2. The molecule has 0 saturated heterocycles. The van der Waals surface area contributed by atoms with E-state index in [0.717, 1.165) is 23.6 Å². The summed E-state index contributed by atoms with van der Waals surface area (Å²) < 4.78 is 3.02. The molecule has 0 atom stereocenters. The van der Waals surface area contributed by atoms with Crippen LogP contribution in [0.1, 0.15) is 25.7 Å². The minimum absolute atomic E-state index is 0.758. The number of hydrogen-bond donors (Lipinski definition) is 1. The van der Waals surface area contributed by atoms with Gasteiger partial charge in [0.1, 0.15) is 0 Å². The van der Waals surface area contributed by atoms with Gasteiger partial charge in [0.15, 0.2) is 0 Å². The van der Waals surface area contributed by atoms with Gasteiger partial charge in [0, 0.05) is 18.8 Å². The normalized spacial score (nSPS) is 17.8. The first-order valence-electron chi connectivity index (χ1n) is 5.26. The van der Waals surface area contributed by atoms with Crippen LogP contribution in [-0.4, -0.2) is 22.4 Å². The van der Waals surface area contributed by atoms with E-state index in [0.29, 0.717) is 0 Å². The second-order valence-electron chi connectivity index (χ2n) is 3.86. The smallest absolute Gasteiger partial charge is 0.0632 e. The van der Waals surface area contributed by atoms with Gasteiger partial charge < -0.3 is 5.32 Å². The first-order chi connectivity index (χ1) is 6.84. The summed E-state index contributed by atoms with van der Waals surface area (Å²) in [6.45, 7) is 1.99. The lowest BCUT2D eigenvalue weighted by Gasteiger charge is -2.11. The van der Waals surface area contributed by atoms with Crippen molar-refractivity contribution < 1.29 is 0 Å². The van der Waals surface area contributed by atoms with Crippen molar-refractivity contribution in [1.29, 1.82) is 0 Å². The van der Waals surface area contributed by atoms with Gasteiger partial charge in [-0.2, -0.15) is 5.10 Å². The van der Waals surface area contributed by atoms with Crippen LogP contribution in [0.3, 0.4) is 0 Å². The highest BCUT2D eigenvalue weighted by Gasteiger charge is 2.13. The van der Waals surface area contributed by atoms with Crippen LogP contribution in [0.5, 0.6) is 0 Å². The van der Waals surface area contributed by atoms with E-state index >= 15 is 0 Å². The van der Waals surface area contributed by atoms with Crippen molar-refractivity contribution in [3.8, 4) is 0 Å². The number of halogens is 1. The zero-order valence-corrected chi connectivity index (χ0v) is 9.83. The fourth-order valence-corrected chi connectivity index (χ4v) is 2.30. The van der Waals surface area contributed by atoms with Crippen molar-refractivity contribution in [2.75, 3.05) is 6.54 Å². The second-order valence-corrected chi connectivity index (χ2v) is 4.77. The Bertz CT molecular complexity index is 279. The third-order valence-corrected chi connectivity index (χ3v) is 3.14. The van der Waals surface area contributed by atoms with Crippen molar-refractivity contribution >= 4 is 15.9 Å². The number of aromatic nitrogens is 2. The van der Waals surface area contributed by atoms with Gasteiger partial charge in [-0.25, -0.2) is 0 Å². The molecule has 1 saturated carbocycles. The Kier molecular flexibility index (Phi) is 3.59. The summed E-state index contributed by atoms with van der Waals surface area (Å²) in [5.74, 6) is 0. The third-order valence-electron chi connectivity index (χ3n) is 2.73. The van der Waals surface area contributed by atoms with E-state index in [9.17, 15) is 0 Å². The molecule has 14 heavy (non-hydrogen) atoms. The zero-order chi connectivity index (χ0) is 9.80. The molecular weight excluding hydrogens is 242 g/mol. The molecular formula is C10H16BrN3. The maximum absolute atomic E-state index is 4.21. The fourth-order valence-electron chi connectivity index (χ4n) is 1.97. The van der Waals surface area contributed by atoms with E-state index in [1.165, 1.54) is 25.7 Å². The number of rotatable bonds is 4. The van der Waals surface area contributed by atoms with Crippen LogP contribution in [0, 0.1) is 0 Å². The van der Waals surface area contributed by atoms with E-state index in [1.54, 1.807) is 0 Å². The van der Waals surface area contributed by atoms with Gasteiger partial charge in [0.25, 0.3) is 0 Å². The summed E-state index contributed by atoms with van der Waals surface area (Å²) in [4.78, 5) is 0. The first kappa shape index (κ1) is 10.2. The van der Waals surface area contributed by atoms with E-state index in [4.69, 9.17) is 0 Å². The minimum atomic E-state index is 0.758. The molecule has 2 rings (SSSR count). The van der Waals surface area contributed by atoms with Gasteiger partial charge in [-0.1, -0.05) is 12.8 Å². The Labute approximate surface area is 93.0 Å². The molecule has 1 aliphatic rings. The third kappa shape index (κ3) is 2.82. The topological polar surface area (TPSA) is 29.9 Å². The van der Waals surface area contributed by atoms with Crippen LogP contribution in [0.2, 0.25) is 0 Å². The van der Waals surface area contributed by atoms with E-state index in [-0.39, 0.29) is 0 Å². The molecule has 0 aliphatic heterocycles. The molecule has 1 aromatic rings. The van der Waals surface area contributed by atoms with Crippen LogP contribution in [0.4, 0.5) is 0 Å². The van der Waals surface area contributed by atoms with Crippen LogP contribution in [0.15, 0.2) is 16.9 Å². The quantitative estimate of drug-likeness (QED) is 0.897. The predicted molar refractivity (Wildman–Crippen MR) is 60.2 cm³/mol. The molecule has 1 heterocycles. The van der Waals surface area contributed by atoms with E-state index in [1.807, 2.05) is 17.1 Å².